The topological polar surface area (TPSA) is 29.9 Å². The maximum atomic E-state index is 4.44. The minimum absolute atomic E-state index is 0.805. The molecule has 0 saturated carbocycles. The van der Waals surface area contributed by atoms with E-state index < -0.39 is 0 Å². The highest BCUT2D eigenvalue weighted by Crippen LogP contribution is 2.10. The summed E-state index contributed by atoms with van der Waals surface area (Å²) >= 11 is 0. The summed E-state index contributed by atoms with van der Waals surface area (Å²) in [7, 11) is 2.05. The van der Waals surface area contributed by atoms with E-state index in [2.05, 4.69) is 40.0 Å². The molecule has 16 heavy (non-hydrogen) atoms. The van der Waals surface area contributed by atoms with E-state index in [1.54, 1.807) is 0 Å². The maximum Gasteiger partial charge on any atom is 0.126 e. The lowest BCUT2D eigenvalue weighted by Crippen LogP contribution is -2.05. The summed E-state index contributed by atoms with van der Waals surface area (Å²) < 4.78 is 2.11. The molecule has 2 rings (SSSR count). The fraction of sp³-hybridized carbons (Fsp3) is 0.308. The van der Waals surface area contributed by atoms with E-state index in [1.165, 1.54) is 11.3 Å². The molecule has 0 aliphatic heterocycles. The van der Waals surface area contributed by atoms with Crippen molar-refractivity contribution in [3.8, 4) is 0 Å². The van der Waals surface area contributed by atoms with Crippen LogP contribution in [0.2, 0.25) is 0 Å². The van der Waals surface area contributed by atoms with Gasteiger partial charge in [-0.2, -0.15) is 0 Å². The molecule has 0 aliphatic carbocycles. The number of nitrogens with one attached hydrogen (secondary N) is 1. The van der Waals surface area contributed by atoms with Crippen LogP contribution < -0.4 is 5.32 Å². The quantitative estimate of drug-likeness (QED) is 0.853. The van der Waals surface area contributed by atoms with Crippen LogP contribution in [0, 0.1) is 13.8 Å². The summed E-state index contributed by atoms with van der Waals surface area (Å²) in [6.07, 6.45) is 2.05. The zero-order valence-corrected chi connectivity index (χ0v) is 9.99. The van der Waals surface area contributed by atoms with Gasteiger partial charge in [0, 0.05) is 24.6 Å². The van der Waals surface area contributed by atoms with E-state index in [-0.39, 0.29) is 0 Å². The van der Waals surface area contributed by atoms with Gasteiger partial charge in [-0.1, -0.05) is 0 Å². The first-order chi connectivity index (χ1) is 7.65. The van der Waals surface area contributed by atoms with Gasteiger partial charge < -0.3 is 9.88 Å². The first-order valence-corrected chi connectivity index (χ1v) is 5.44. The van der Waals surface area contributed by atoms with E-state index in [1.807, 2.05) is 26.2 Å². The average Bonchev–Trinajstić information content (AvgIpc) is 2.59. The number of rotatable bonds is 3. The van der Waals surface area contributed by atoms with Crippen LogP contribution in [0.1, 0.15) is 17.0 Å². The molecule has 2 heterocycles. The minimum Gasteiger partial charge on any atom is -0.364 e. The van der Waals surface area contributed by atoms with Crippen LogP contribution in [0.15, 0.2) is 30.5 Å². The van der Waals surface area contributed by atoms with Gasteiger partial charge in [0.2, 0.25) is 0 Å². The Kier molecular flexibility index (Phi) is 2.95. The predicted molar refractivity (Wildman–Crippen MR) is 66.5 cm³/mol. The Labute approximate surface area is 96.1 Å². The molecular formula is C13H17N3. The molecule has 3 nitrogen and oxygen atoms in total. The molecular weight excluding hydrogens is 198 g/mol. The lowest BCUT2D eigenvalue weighted by atomic mass is 10.2. The highest BCUT2D eigenvalue weighted by Gasteiger charge is 1.99. The third-order valence-electron chi connectivity index (χ3n) is 2.60. The number of aryl methyl sites for hydroxylation is 3. The van der Waals surface area contributed by atoms with Crippen LogP contribution in [-0.2, 0) is 13.6 Å². The van der Waals surface area contributed by atoms with E-state index in [4.69, 9.17) is 0 Å². The second-order valence-electron chi connectivity index (χ2n) is 4.14. The van der Waals surface area contributed by atoms with Crippen molar-refractivity contribution in [2.24, 2.45) is 7.05 Å². The highest BCUT2D eigenvalue weighted by atomic mass is 15.0. The van der Waals surface area contributed by atoms with Crippen molar-refractivity contribution in [3.05, 3.63) is 47.4 Å². The first kappa shape index (κ1) is 10.7. The molecule has 2 aromatic rings. The fourth-order valence-corrected chi connectivity index (χ4v) is 1.79. The molecule has 0 unspecified atom stereocenters. The Hall–Kier alpha value is -1.77. The van der Waals surface area contributed by atoms with E-state index >= 15 is 0 Å². The molecule has 84 valence electrons. The Balaban J connectivity index is 2.07. The molecule has 0 saturated heterocycles. The summed E-state index contributed by atoms with van der Waals surface area (Å²) in [5.41, 5.74) is 3.54. The zero-order chi connectivity index (χ0) is 11.5. The standard InChI is InChI=1S/C13H17N3/c1-10-7-11(2)15-13(8-10)14-9-12-5-4-6-16(12)3/h4-8H,9H2,1-3H3,(H,14,15). The van der Waals surface area contributed by atoms with Crippen LogP contribution in [0.3, 0.4) is 0 Å². The van der Waals surface area contributed by atoms with Gasteiger partial charge in [-0.05, 0) is 43.7 Å². The lowest BCUT2D eigenvalue weighted by molar-refractivity contribution is 0.840. The Morgan fingerprint density at radius 1 is 1.31 bits per heavy atom. The van der Waals surface area contributed by atoms with Gasteiger partial charge in [-0.3, -0.25) is 0 Å². The van der Waals surface area contributed by atoms with Crippen molar-refractivity contribution in [1.82, 2.24) is 9.55 Å². The Bertz CT molecular complexity index is 465. The predicted octanol–water partition coefficient (Wildman–Crippen LogP) is 2.65. The average molecular weight is 215 g/mol. The van der Waals surface area contributed by atoms with Gasteiger partial charge in [0.25, 0.3) is 0 Å². The Morgan fingerprint density at radius 2 is 2.12 bits per heavy atom. The molecule has 0 fully saturated rings. The van der Waals surface area contributed by atoms with Crippen molar-refractivity contribution in [1.29, 1.82) is 0 Å². The minimum atomic E-state index is 0.805. The Morgan fingerprint density at radius 3 is 2.75 bits per heavy atom. The molecule has 0 atom stereocenters. The summed E-state index contributed by atoms with van der Waals surface area (Å²) in [5, 5.41) is 3.34. The van der Waals surface area contributed by atoms with Gasteiger partial charge in [0.05, 0.1) is 6.54 Å². The number of pyridine rings is 1. The first-order valence-electron chi connectivity index (χ1n) is 5.44. The third-order valence-corrected chi connectivity index (χ3v) is 2.60. The van der Waals surface area contributed by atoms with Crippen molar-refractivity contribution < 1.29 is 0 Å². The van der Waals surface area contributed by atoms with Gasteiger partial charge in [-0.15, -0.1) is 0 Å². The largest absolute Gasteiger partial charge is 0.364 e. The van der Waals surface area contributed by atoms with E-state index in [0.29, 0.717) is 0 Å². The number of nitrogens with zero attached hydrogens (tertiary/aromatic N) is 2. The third kappa shape index (κ3) is 2.42. The monoisotopic (exact) mass is 215 g/mol. The smallest absolute Gasteiger partial charge is 0.126 e. The van der Waals surface area contributed by atoms with Crippen molar-refractivity contribution in [2.75, 3.05) is 5.32 Å². The van der Waals surface area contributed by atoms with Gasteiger partial charge in [0.15, 0.2) is 0 Å². The number of hydrogen-bond donors (Lipinski definition) is 1. The number of aromatic nitrogens is 2. The molecule has 0 radical (unpaired) electrons. The highest BCUT2D eigenvalue weighted by molar-refractivity contribution is 5.39. The second kappa shape index (κ2) is 4.39. The zero-order valence-electron chi connectivity index (χ0n) is 9.99. The molecule has 1 N–H and O–H groups in total. The molecule has 2 aromatic heterocycles. The summed E-state index contributed by atoms with van der Waals surface area (Å²) in [4.78, 5) is 4.44. The van der Waals surface area contributed by atoms with Crippen LogP contribution >= 0.6 is 0 Å². The molecule has 0 aliphatic rings. The normalized spacial score (nSPS) is 10.4. The number of hydrogen-bond acceptors (Lipinski definition) is 2. The number of anilines is 1. The molecule has 0 bridgehead atoms. The maximum absolute atomic E-state index is 4.44. The van der Waals surface area contributed by atoms with Crippen LogP contribution in [0.5, 0.6) is 0 Å². The van der Waals surface area contributed by atoms with Gasteiger partial charge in [-0.25, -0.2) is 4.98 Å². The van der Waals surface area contributed by atoms with Crippen LogP contribution in [-0.4, -0.2) is 9.55 Å². The molecule has 3 heteroatoms. The van der Waals surface area contributed by atoms with Crippen LogP contribution in [0.25, 0.3) is 0 Å². The fourth-order valence-electron chi connectivity index (χ4n) is 1.79. The molecule has 0 amide bonds. The van der Waals surface area contributed by atoms with Gasteiger partial charge in [0.1, 0.15) is 5.82 Å². The van der Waals surface area contributed by atoms with Crippen molar-refractivity contribution >= 4 is 5.82 Å². The second-order valence-corrected chi connectivity index (χ2v) is 4.14. The van der Waals surface area contributed by atoms with Crippen molar-refractivity contribution in [3.63, 3.8) is 0 Å². The summed E-state index contributed by atoms with van der Waals surface area (Å²) in [5.74, 6) is 0.943. The molecule has 0 spiro atoms. The van der Waals surface area contributed by atoms with Gasteiger partial charge >= 0.3 is 0 Å². The van der Waals surface area contributed by atoms with E-state index in [9.17, 15) is 0 Å². The van der Waals surface area contributed by atoms with Crippen LogP contribution in [0.4, 0.5) is 5.82 Å². The summed E-state index contributed by atoms with van der Waals surface area (Å²) in [6.45, 7) is 4.91. The molecule has 0 aromatic carbocycles. The SMILES string of the molecule is Cc1cc(C)nc(NCc2cccn2C)c1. The lowest BCUT2D eigenvalue weighted by Gasteiger charge is -2.08. The van der Waals surface area contributed by atoms with Crippen molar-refractivity contribution in [2.45, 2.75) is 20.4 Å². The van der Waals surface area contributed by atoms with E-state index in [0.717, 1.165) is 18.1 Å². The summed E-state index contributed by atoms with van der Waals surface area (Å²) in [6, 6.07) is 8.30.